The molecule has 1 atom stereocenters. The molecule has 1 amide bonds. The molecule has 6 heteroatoms. The molecule has 6 nitrogen and oxygen atoms in total. The van der Waals surface area contributed by atoms with E-state index in [1.54, 1.807) is 6.92 Å². The number of methoxy groups -OCH3 is 1. The summed E-state index contributed by atoms with van der Waals surface area (Å²) in [5.41, 5.74) is 2.39. The number of carbonyl (C=O) groups is 3. The summed E-state index contributed by atoms with van der Waals surface area (Å²) in [5.74, 6) is -0.312. The number of hydrogen-bond acceptors (Lipinski definition) is 4. The van der Waals surface area contributed by atoms with Crippen molar-refractivity contribution in [3.8, 4) is 0 Å². The van der Waals surface area contributed by atoms with Gasteiger partial charge in [0.15, 0.2) is 5.78 Å². The maximum atomic E-state index is 13.4. The molecular weight excluding hydrogens is 344 g/mol. The number of Topliss-reactive ketones (excluding diaryl/α,β-unsaturated/α-hetero) is 1. The zero-order valence-corrected chi connectivity index (χ0v) is 17.0. The van der Waals surface area contributed by atoms with Crippen LogP contribution in [0.25, 0.3) is 0 Å². The third-order valence-electron chi connectivity index (χ3n) is 6.15. The van der Waals surface area contributed by atoms with Gasteiger partial charge in [-0.25, -0.2) is 4.79 Å². The van der Waals surface area contributed by atoms with Gasteiger partial charge in [-0.1, -0.05) is 6.42 Å². The van der Waals surface area contributed by atoms with Crippen molar-refractivity contribution in [1.82, 2.24) is 9.47 Å². The average molecular weight is 374 g/mol. The minimum Gasteiger partial charge on any atom is -0.464 e. The first-order valence-corrected chi connectivity index (χ1v) is 9.97. The summed E-state index contributed by atoms with van der Waals surface area (Å²) in [4.78, 5) is 40.4. The second-order valence-corrected chi connectivity index (χ2v) is 7.81. The van der Waals surface area contributed by atoms with E-state index in [1.807, 2.05) is 30.2 Å². The fourth-order valence-corrected chi connectivity index (χ4v) is 4.25. The van der Waals surface area contributed by atoms with Crippen molar-refractivity contribution < 1.29 is 19.1 Å². The van der Waals surface area contributed by atoms with Crippen molar-refractivity contribution in [1.29, 1.82) is 0 Å². The lowest BCUT2D eigenvalue weighted by Crippen LogP contribution is -2.48. The molecule has 2 aliphatic carbocycles. The van der Waals surface area contributed by atoms with Crippen LogP contribution in [-0.4, -0.2) is 46.3 Å². The molecule has 3 rings (SSSR count). The fraction of sp³-hybridized carbons (Fsp3) is 0.667. The Morgan fingerprint density at radius 3 is 2.26 bits per heavy atom. The van der Waals surface area contributed by atoms with E-state index in [1.165, 1.54) is 7.11 Å². The molecule has 148 valence electrons. The van der Waals surface area contributed by atoms with Crippen molar-refractivity contribution in [2.45, 2.75) is 78.4 Å². The number of esters is 1. The number of nitrogens with zero attached hydrogens (tertiary/aromatic N) is 2. The maximum absolute atomic E-state index is 13.4. The summed E-state index contributed by atoms with van der Waals surface area (Å²) in [6.45, 7) is 8.00. The van der Waals surface area contributed by atoms with Crippen molar-refractivity contribution >= 4 is 17.7 Å². The van der Waals surface area contributed by atoms with E-state index in [-0.39, 0.29) is 23.7 Å². The highest BCUT2D eigenvalue weighted by Gasteiger charge is 2.43. The van der Waals surface area contributed by atoms with E-state index in [4.69, 9.17) is 4.74 Å². The van der Waals surface area contributed by atoms with E-state index in [2.05, 4.69) is 0 Å². The van der Waals surface area contributed by atoms with Gasteiger partial charge in [0.05, 0.1) is 13.2 Å². The average Bonchev–Trinajstić information content (AvgIpc) is 3.37. The summed E-state index contributed by atoms with van der Waals surface area (Å²) in [5, 5.41) is 0. The van der Waals surface area contributed by atoms with Crippen LogP contribution in [0.4, 0.5) is 0 Å². The Morgan fingerprint density at radius 1 is 1.19 bits per heavy atom. The lowest BCUT2D eigenvalue weighted by Gasteiger charge is -2.35. The molecule has 0 spiro atoms. The number of aromatic nitrogens is 1. The van der Waals surface area contributed by atoms with Crippen molar-refractivity contribution in [2.24, 2.45) is 5.92 Å². The molecule has 2 saturated carbocycles. The van der Waals surface area contributed by atoms with Gasteiger partial charge < -0.3 is 14.2 Å². The van der Waals surface area contributed by atoms with Gasteiger partial charge in [0, 0.05) is 29.8 Å². The van der Waals surface area contributed by atoms with E-state index < -0.39 is 12.0 Å². The summed E-state index contributed by atoms with van der Waals surface area (Å²) in [6, 6.07) is -0.327. The molecule has 1 aromatic rings. The number of amides is 1. The minimum absolute atomic E-state index is 0.0777. The third-order valence-corrected chi connectivity index (χ3v) is 6.15. The second kappa shape index (κ2) is 7.49. The van der Waals surface area contributed by atoms with Gasteiger partial charge in [0.2, 0.25) is 5.91 Å². The highest BCUT2D eigenvalue weighted by atomic mass is 16.5. The standard InChI is InChI=1S/C21H30N2O4/c1-6-22-13(3)17(12(2)18(22)21(26)27-5)19(24)14(4)23(16-10-11-16)20(25)15-8-7-9-15/h14-16H,6-11H2,1-5H3/t14-/m0/s1. The first kappa shape index (κ1) is 19.6. The predicted molar refractivity (Wildman–Crippen MR) is 102 cm³/mol. The van der Waals surface area contributed by atoms with Gasteiger partial charge in [0.25, 0.3) is 0 Å². The lowest BCUT2D eigenvalue weighted by atomic mass is 9.83. The Labute approximate surface area is 160 Å². The Kier molecular flexibility index (Phi) is 5.45. The molecule has 0 N–H and O–H groups in total. The first-order chi connectivity index (χ1) is 12.8. The Hall–Kier alpha value is -2.11. The number of ether oxygens (including phenoxy) is 1. The van der Waals surface area contributed by atoms with E-state index in [0.717, 1.165) is 37.8 Å². The normalized spacial score (nSPS) is 18.0. The Balaban J connectivity index is 1.95. The molecule has 0 radical (unpaired) electrons. The van der Waals surface area contributed by atoms with Crippen LogP contribution in [0.1, 0.15) is 78.1 Å². The molecular formula is C21H30N2O4. The van der Waals surface area contributed by atoms with Crippen LogP contribution >= 0.6 is 0 Å². The van der Waals surface area contributed by atoms with Crippen LogP contribution in [0, 0.1) is 19.8 Å². The van der Waals surface area contributed by atoms with Crippen LogP contribution in [0.15, 0.2) is 0 Å². The Bertz CT molecular complexity index is 772. The van der Waals surface area contributed by atoms with Gasteiger partial charge in [-0.3, -0.25) is 9.59 Å². The number of hydrogen-bond donors (Lipinski definition) is 0. The van der Waals surface area contributed by atoms with E-state index in [0.29, 0.717) is 23.4 Å². The van der Waals surface area contributed by atoms with Crippen molar-refractivity contribution in [2.75, 3.05) is 7.11 Å². The third kappa shape index (κ3) is 3.30. The monoisotopic (exact) mass is 374 g/mol. The molecule has 1 heterocycles. The summed E-state index contributed by atoms with van der Waals surface area (Å²) in [6.07, 6.45) is 4.89. The molecule has 0 saturated heterocycles. The maximum Gasteiger partial charge on any atom is 0.354 e. The zero-order valence-electron chi connectivity index (χ0n) is 17.0. The first-order valence-electron chi connectivity index (χ1n) is 9.97. The summed E-state index contributed by atoms with van der Waals surface area (Å²) >= 11 is 0. The SMILES string of the molecule is CCn1c(C)c(C(=O)[C@H](C)N(C(=O)C2CCC2)C2CC2)c(C)c1C(=O)OC. The molecule has 2 aliphatic rings. The van der Waals surface area contributed by atoms with Crippen molar-refractivity contribution in [3.05, 3.63) is 22.5 Å². The molecule has 0 aliphatic heterocycles. The van der Waals surface area contributed by atoms with Gasteiger partial charge in [0.1, 0.15) is 5.69 Å². The van der Waals surface area contributed by atoms with Crippen LogP contribution < -0.4 is 0 Å². The van der Waals surface area contributed by atoms with Crippen LogP contribution in [-0.2, 0) is 16.1 Å². The highest BCUT2D eigenvalue weighted by Crippen LogP contribution is 2.36. The van der Waals surface area contributed by atoms with Gasteiger partial charge in [-0.05, 0) is 58.9 Å². The quantitative estimate of drug-likeness (QED) is 0.543. The molecule has 1 aromatic heterocycles. The zero-order chi connectivity index (χ0) is 19.9. The van der Waals surface area contributed by atoms with Gasteiger partial charge in [-0.15, -0.1) is 0 Å². The lowest BCUT2D eigenvalue weighted by molar-refractivity contribution is -0.140. The topological polar surface area (TPSA) is 68.6 Å². The largest absolute Gasteiger partial charge is 0.464 e. The number of carbonyl (C=O) groups excluding carboxylic acids is 3. The van der Waals surface area contributed by atoms with E-state index in [9.17, 15) is 14.4 Å². The predicted octanol–water partition coefficient (Wildman–Crippen LogP) is 3.27. The van der Waals surface area contributed by atoms with E-state index >= 15 is 0 Å². The van der Waals surface area contributed by atoms with Gasteiger partial charge >= 0.3 is 5.97 Å². The number of ketones is 1. The smallest absolute Gasteiger partial charge is 0.354 e. The fourth-order valence-electron chi connectivity index (χ4n) is 4.25. The summed E-state index contributed by atoms with van der Waals surface area (Å²) < 4.78 is 6.75. The molecule has 27 heavy (non-hydrogen) atoms. The molecule has 0 unspecified atom stereocenters. The van der Waals surface area contributed by atoms with Crippen LogP contribution in [0.5, 0.6) is 0 Å². The highest BCUT2D eigenvalue weighted by molar-refractivity contribution is 6.06. The Morgan fingerprint density at radius 2 is 1.81 bits per heavy atom. The molecule has 0 aromatic carbocycles. The minimum atomic E-state index is -0.513. The second-order valence-electron chi connectivity index (χ2n) is 7.81. The molecule has 2 fully saturated rings. The van der Waals surface area contributed by atoms with Crippen LogP contribution in [0.2, 0.25) is 0 Å². The summed E-state index contributed by atoms with van der Waals surface area (Å²) in [7, 11) is 1.35. The van der Waals surface area contributed by atoms with Gasteiger partial charge in [-0.2, -0.15) is 0 Å². The molecule has 0 bridgehead atoms. The number of rotatable bonds is 7. The van der Waals surface area contributed by atoms with Crippen molar-refractivity contribution in [3.63, 3.8) is 0 Å². The van der Waals surface area contributed by atoms with Crippen LogP contribution in [0.3, 0.4) is 0 Å².